The third kappa shape index (κ3) is 4.62. The second-order valence-corrected chi connectivity index (χ2v) is 5.84. The van der Waals surface area contributed by atoms with Crippen LogP contribution >= 0.6 is 11.3 Å². The molecule has 122 valence electrons. The molecule has 0 aliphatic heterocycles. The van der Waals surface area contributed by atoms with Crippen LogP contribution in [0.2, 0.25) is 0 Å². The van der Waals surface area contributed by atoms with Crippen LogP contribution in [0, 0.1) is 11.3 Å². The molecule has 0 unspecified atom stereocenters. The summed E-state index contributed by atoms with van der Waals surface area (Å²) in [5.41, 5.74) is -0.248. The number of aromatic carboxylic acids is 1. The average Bonchev–Trinajstić information content (AvgIpc) is 2.74. The number of carboxylic acids is 2. The molecule has 1 heterocycles. The minimum absolute atomic E-state index is 0.117. The molecule has 0 saturated carbocycles. The molecule has 1 aromatic heterocycles. The fraction of sp³-hybridized carbons (Fsp3) is 0.357. The number of anilines is 1. The molecule has 0 fully saturated rings. The summed E-state index contributed by atoms with van der Waals surface area (Å²) in [6, 6.07) is 1.79. The van der Waals surface area contributed by atoms with Gasteiger partial charge in [0.2, 0.25) is 0 Å². The number of rotatable bonds is 8. The molecule has 0 amide bonds. The Morgan fingerprint density at radius 3 is 2.00 bits per heavy atom. The fourth-order valence-corrected chi connectivity index (χ4v) is 3.13. The van der Waals surface area contributed by atoms with Gasteiger partial charge in [-0.2, -0.15) is 5.26 Å². The Kier molecular flexibility index (Phi) is 5.98. The highest BCUT2D eigenvalue weighted by Crippen LogP contribution is 2.36. The van der Waals surface area contributed by atoms with E-state index in [0.29, 0.717) is 11.3 Å². The monoisotopic (exact) mass is 338 g/mol. The van der Waals surface area contributed by atoms with Crippen LogP contribution < -0.4 is 4.90 Å². The van der Waals surface area contributed by atoms with E-state index in [1.165, 1.54) is 18.7 Å². The van der Waals surface area contributed by atoms with Crippen molar-refractivity contribution in [3.63, 3.8) is 0 Å². The summed E-state index contributed by atoms with van der Waals surface area (Å²) in [4.78, 5) is 46.0. The van der Waals surface area contributed by atoms with Crippen LogP contribution in [-0.4, -0.2) is 46.8 Å². The minimum Gasteiger partial charge on any atom is -0.481 e. The number of hydrogen-bond donors (Lipinski definition) is 2. The van der Waals surface area contributed by atoms with Crippen LogP contribution in [0.4, 0.5) is 5.00 Å². The van der Waals surface area contributed by atoms with Crippen LogP contribution in [0.25, 0.3) is 0 Å². The molecule has 0 saturated heterocycles. The molecule has 0 aromatic carbocycles. The van der Waals surface area contributed by atoms with Gasteiger partial charge >= 0.3 is 11.9 Å². The molecule has 23 heavy (non-hydrogen) atoms. The zero-order valence-electron chi connectivity index (χ0n) is 12.5. The smallest absolute Gasteiger partial charge is 0.346 e. The molecule has 0 radical (unpaired) electrons. The summed E-state index contributed by atoms with van der Waals surface area (Å²) in [6.45, 7) is 2.23. The third-order valence-corrected chi connectivity index (χ3v) is 4.02. The Morgan fingerprint density at radius 2 is 1.65 bits per heavy atom. The number of ketones is 2. The number of thiophene rings is 1. The van der Waals surface area contributed by atoms with Gasteiger partial charge < -0.3 is 15.1 Å². The van der Waals surface area contributed by atoms with Crippen molar-refractivity contribution in [1.82, 2.24) is 0 Å². The maximum absolute atomic E-state index is 11.4. The SMILES string of the molecule is CC(=O)CN(CC(C)=O)c1sc(C(=O)O)c(CC(=O)O)c1C#N. The van der Waals surface area contributed by atoms with Gasteiger partial charge in [-0.15, -0.1) is 11.3 Å². The Bertz CT molecular complexity index is 700. The van der Waals surface area contributed by atoms with Gasteiger partial charge in [0, 0.05) is 5.56 Å². The zero-order chi connectivity index (χ0) is 17.7. The first-order valence-corrected chi connectivity index (χ1v) is 7.23. The largest absolute Gasteiger partial charge is 0.481 e. The van der Waals surface area contributed by atoms with Crippen molar-refractivity contribution in [2.45, 2.75) is 20.3 Å². The average molecular weight is 338 g/mol. The molecule has 1 rings (SSSR count). The molecule has 0 aliphatic carbocycles. The Morgan fingerprint density at radius 1 is 1.13 bits per heavy atom. The maximum atomic E-state index is 11.4. The van der Waals surface area contributed by atoms with E-state index >= 15 is 0 Å². The van der Waals surface area contributed by atoms with Gasteiger partial charge in [-0.3, -0.25) is 14.4 Å². The number of carbonyl (C=O) groups excluding carboxylic acids is 2. The van der Waals surface area contributed by atoms with Gasteiger partial charge in [-0.05, 0) is 13.8 Å². The topological polar surface area (TPSA) is 136 Å². The first-order chi connectivity index (χ1) is 10.7. The molecule has 0 bridgehead atoms. The van der Waals surface area contributed by atoms with E-state index in [0.717, 1.165) is 0 Å². The lowest BCUT2D eigenvalue weighted by molar-refractivity contribution is -0.136. The number of nitriles is 1. The summed E-state index contributed by atoms with van der Waals surface area (Å²) in [6.07, 6.45) is -0.630. The van der Waals surface area contributed by atoms with Gasteiger partial charge in [0.25, 0.3) is 0 Å². The molecule has 8 nitrogen and oxygen atoms in total. The Balaban J connectivity index is 3.51. The van der Waals surface area contributed by atoms with E-state index in [-0.39, 0.29) is 45.7 Å². The molecule has 0 atom stereocenters. The molecular weight excluding hydrogens is 324 g/mol. The van der Waals surface area contributed by atoms with E-state index in [1.807, 2.05) is 0 Å². The van der Waals surface area contributed by atoms with Gasteiger partial charge in [0.15, 0.2) is 0 Å². The lowest BCUT2D eigenvalue weighted by Gasteiger charge is -2.20. The van der Waals surface area contributed by atoms with Crippen molar-refractivity contribution >= 4 is 39.8 Å². The summed E-state index contributed by atoms with van der Waals surface area (Å²) in [5.74, 6) is -3.20. The van der Waals surface area contributed by atoms with E-state index in [9.17, 15) is 29.5 Å². The summed E-state index contributed by atoms with van der Waals surface area (Å²) >= 11 is 0.689. The van der Waals surface area contributed by atoms with Crippen molar-refractivity contribution in [3.05, 3.63) is 16.0 Å². The number of hydrogen-bond acceptors (Lipinski definition) is 7. The lowest BCUT2D eigenvalue weighted by atomic mass is 10.1. The van der Waals surface area contributed by atoms with Crippen LogP contribution in [0.15, 0.2) is 0 Å². The summed E-state index contributed by atoms with van der Waals surface area (Å²) in [7, 11) is 0. The van der Waals surface area contributed by atoms with Crippen molar-refractivity contribution < 1.29 is 29.4 Å². The van der Waals surface area contributed by atoms with E-state index in [4.69, 9.17) is 5.11 Å². The summed E-state index contributed by atoms with van der Waals surface area (Å²) < 4.78 is 0. The van der Waals surface area contributed by atoms with Crippen LogP contribution in [0.3, 0.4) is 0 Å². The number of carboxylic acid groups (broad SMARTS) is 2. The van der Waals surface area contributed by atoms with Crippen molar-refractivity contribution in [2.24, 2.45) is 0 Å². The van der Waals surface area contributed by atoms with Crippen molar-refractivity contribution in [2.75, 3.05) is 18.0 Å². The maximum Gasteiger partial charge on any atom is 0.346 e. The summed E-state index contributed by atoms with van der Waals surface area (Å²) in [5, 5.41) is 27.5. The molecule has 2 N–H and O–H groups in total. The first kappa shape index (κ1) is 18.3. The highest BCUT2D eigenvalue weighted by Gasteiger charge is 2.27. The first-order valence-electron chi connectivity index (χ1n) is 6.42. The number of nitrogens with zero attached hydrogens (tertiary/aromatic N) is 2. The van der Waals surface area contributed by atoms with Crippen LogP contribution in [-0.2, 0) is 20.8 Å². The lowest BCUT2D eigenvalue weighted by Crippen LogP contribution is -2.32. The Labute approximate surface area is 135 Å². The number of aliphatic carboxylic acids is 1. The van der Waals surface area contributed by atoms with E-state index in [1.54, 1.807) is 6.07 Å². The van der Waals surface area contributed by atoms with Gasteiger partial charge in [0.1, 0.15) is 27.5 Å². The minimum atomic E-state index is -1.36. The highest BCUT2D eigenvalue weighted by molar-refractivity contribution is 7.18. The van der Waals surface area contributed by atoms with Crippen LogP contribution in [0.5, 0.6) is 0 Å². The fourth-order valence-electron chi connectivity index (χ4n) is 2.02. The zero-order valence-corrected chi connectivity index (χ0v) is 13.3. The molecule has 0 spiro atoms. The quantitative estimate of drug-likeness (QED) is 0.714. The van der Waals surface area contributed by atoms with Crippen molar-refractivity contribution in [1.29, 1.82) is 5.26 Å². The van der Waals surface area contributed by atoms with Crippen molar-refractivity contribution in [3.8, 4) is 6.07 Å². The number of Topliss-reactive ketones (excluding diaryl/α,β-unsaturated/α-hetero) is 2. The molecule has 1 aromatic rings. The second-order valence-electron chi connectivity index (χ2n) is 4.84. The molecule has 9 heteroatoms. The van der Waals surface area contributed by atoms with Gasteiger partial charge in [-0.25, -0.2) is 4.79 Å². The molecule has 0 aliphatic rings. The second kappa shape index (κ2) is 7.51. The predicted octanol–water partition coefficient (Wildman–Crippen LogP) is 0.929. The normalized spacial score (nSPS) is 9.96. The standard InChI is InChI=1S/C14H14N2O6S/c1-7(17)5-16(6-8(2)18)13-10(4-15)9(3-11(19)20)12(23-13)14(21)22/h3,5-6H2,1-2H3,(H,19,20)(H,21,22). The van der Waals surface area contributed by atoms with Gasteiger partial charge in [0.05, 0.1) is 25.1 Å². The number of carbonyl (C=O) groups is 4. The van der Waals surface area contributed by atoms with E-state index < -0.39 is 18.4 Å². The Hall–Kier alpha value is -2.73. The molecular formula is C14H14N2O6S. The van der Waals surface area contributed by atoms with Gasteiger partial charge in [-0.1, -0.05) is 0 Å². The van der Waals surface area contributed by atoms with E-state index in [2.05, 4.69) is 0 Å². The third-order valence-electron chi connectivity index (χ3n) is 2.74. The highest BCUT2D eigenvalue weighted by atomic mass is 32.1. The predicted molar refractivity (Wildman–Crippen MR) is 80.9 cm³/mol. The van der Waals surface area contributed by atoms with Crippen LogP contribution in [0.1, 0.15) is 34.6 Å².